The Balaban J connectivity index is 1.60. The highest BCUT2D eigenvalue weighted by Crippen LogP contribution is 2.37. The molecule has 4 heterocycles. The number of hydrogen-bond donors (Lipinski definition) is 1. The molecule has 0 unspecified atom stereocenters. The Morgan fingerprint density at radius 2 is 2.31 bits per heavy atom. The van der Waals surface area contributed by atoms with Gasteiger partial charge in [-0.2, -0.15) is 5.10 Å². The van der Waals surface area contributed by atoms with Crippen LogP contribution in [0.1, 0.15) is 27.0 Å². The van der Waals surface area contributed by atoms with E-state index in [1.165, 1.54) is 11.3 Å². The first-order valence-electron chi connectivity index (χ1n) is 9.62. The Labute approximate surface area is 173 Å². The SMILES string of the molecule is COCCNC(=O)c1sc2ncccc2c1[C@@H]1CN(Cc2ccnn2C)CCO1. The summed E-state index contributed by atoms with van der Waals surface area (Å²) in [7, 11) is 3.57. The van der Waals surface area contributed by atoms with Crippen LogP contribution in [0.3, 0.4) is 0 Å². The maximum absolute atomic E-state index is 12.9. The third kappa shape index (κ3) is 4.32. The topological polar surface area (TPSA) is 81.5 Å². The van der Waals surface area contributed by atoms with Gasteiger partial charge in [0.1, 0.15) is 9.71 Å². The molecule has 3 aromatic heterocycles. The highest BCUT2D eigenvalue weighted by atomic mass is 32.1. The van der Waals surface area contributed by atoms with Crippen molar-refractivity contribution < 1.29 is 14.3 Å². The molecule has 0 radical (unpaired) electrons. The van der Waals surface area contributed by atoms with Gasteiger partial charge in [0.25, 0.3) is 5.91 Å². The molecule has 0 aliphatic carbocycles. The summed E-state index contributed by atoms with van der Waals surface area (Å²) in [6.45, 7) is 3.91. The van der Waals surface area contributed by atoms with E-state index < -0.39 is 0 Å². The average Bonchev–Trinajstić information content (AvgIpc) is 3.32. The highest BCUT2D eigenvalue weighted by molar-refractivity contribution is 7.20. The molecule has 3 aromatic rings. The first-order valence-corrected chi connectivity index (χ1v) is 10.4. The highest BCUT2D eigenvalue weighted by Gasteiger charge is 2.30. The van der Waals surface area contributed by atoms with Gasteiger partial charge in [-0.15, -0.1) is 11.3 Å². The van der Waals surface area contributed by atoms with Gasteiger partial charge in [-0.05, 0) is 12.1 Å². The molecule has 1 amide bonds. The second kappa shape index (κ2) is 9.00. The van der Waals surface area contributed by atoms with Crippen molar-refractivity contribution in [2.24, 2.45) is 7.05 Å². The molecule has 1 aliphatic heterocycles. The number of aryl methyl sites for hydroxylation is 1. The summed E-state index contributed by atoms with van der Waals surface area (Å²) in [4.78, 5) is 21.2. The van der Waals surface area contributed by atoms with E-state index in [1.807, 2.05) is 36.1 Å². The van der Waals surface area contributed by atoms with Gasteiger partial charge in [0, 0.05) is 63.7 Å². The second-order valence-corrected chi connectivity index (χ2v) is 7.99. The fraction of sp³-hybridized carbons (Fsp3) is 0.450. The summed E-state index contributed by atoms with van der Waals surface area (Å²) in [6.07, 6.45) is 3.39. The van der Waals surface area contributed by atoms with Crippen LogP contribution in [0.2, 0.25) is 0 Å². The molecule has 0 bridgehead atoms. The Morgan fingerprint density at radius 1 is 1.41 bits per heavy atom. The van der Waals surface area contributed by atoms with Crippen LogP contribution in [0.4, 0.5) is 0 Å². The molecule has 4 rings (SSSR count). The summed E-state index contributed by atoms with van der Waals surface area (Å²) in [5, 5.41) is 8.17. The number of carbonyl (C=O) groups is 1. The van der Waals surface area contributed by atoms with Crippen molar-refractivity contribution >= 4 is 27.5 Å². The van der Waals surface area contributed by atoms with Crippen LogP contribution in [0.5, 0.6) is 0 Å². The molecular formula is C20H25N5O3S. The fourth-order valence-corrected chi connectivity index (χ4v) is 4.70. The number of hydrogen-bond acceptors (Lipinski definition) is 7. The van der Waals surface area contributed by atoms with E-state index in [0.29, 0.717) is 31.2 Å². The summed E-state index contributed by atoms with van der Waals surface area (Å²) in [5.41, 5.74) is 2.09. The van der Waals surface area contributed by atoms with Gasteiger partial charge in [0.15, 0.2) is 0 Å². The number of thiophene rings is 1. The minimum Gasteiger partial charge on any atom is -0.383 e. The van der Waals surface area contributed by atoms with Gasteiger partial charge in [-0.1, -0.05) is 6.07 Å². The van der Waals surface area contributed by atoms with E-state index >= 15 is 0 Å². The Kier molecular flexibility index (Phi) is 6.19. The average molecular weight is 416 g/mol. The first-order chi connectivity index (χ1) is 14.2. The summed E-state index contributed by atoms with van der Waals surface area (Å²) < 4.78 is 13.1. The standard InChI is InChI=1S/C20H25N5O3S/c1-24-14(5-7-23-24)12-25-9-11-28-16(13-25)17-15-4-3-6-22-20(15)29-18(17)19(26)21-8-10-27-2/h3-7,16H,8-13H2,1-2H3,(H,21,26)/t16-/m0/s1. The van der Waals surface area contributed by atoms with E-state index in [1.54, 1.807) is 13.3 Å². The van der Waals surface area contributed by atoms with Crippen molar-refractivity contribution in [1.29, 1.82) is 0 Å². The summed E-state index contributed by atoms with van der Waals surface area (Å²) in [6, 6.07) is 5.95. The number of nitrogens with one attached hydrogen (secondary N) is 1. The lowest BCUT2D eigenvalue weighted by Crippen LogP contribution is -2.39. The molecule has 1 aliphatic rings. The summed E-state index contributed by atoms with van der Waals surface area (Å²) >= 11 is 1.42. The number of rotatable bonds is 7. The lowest BCUT2D eigenvalue weighted by atomic mass is 10.0. The molecule has 1 N–H and O–H groups in total. The molecule has 1 fully saturated rings. The third-order valence-corrected chi connectivity index (χ3v) is 6.21. The van der Waals surface area contributed by atoms with E-state index in [9.17, 15) is 4.79 Å². The molecule has 0 aromatic carbocycles. The van der Waals surface area contributed by atoms with E-state index in [4.69, 9.17) is 9.47 Å². The van der Waals surface area contributed by atoms with E-state index in [-0.39, 0.29) is 12.0 Å². The number of nitrogens with zero attached hydrogens (tertiary/aromatic N) is 4. The minimum atomic E-state index is -0.182. The molecule has 29 heavy (non-hydrogen) atoms. The molecule has 0 saturated carbocycles. The zero-order valence-corrected chi connectivity index (χ0v) is 17.4. The lowest BCUT2D eigenvalue weighted by molar-refractivity contribution is -0.0329. The predicted octanol–water partition coefficient (Wildman–Crippen LogP) is 1.98. The van der Waals surface area contributed by atoms with Gasteiger partial charge >= 0.3 is 0 Å². The van der Waals surface area contributed by atoms with Crippen LogP contribution in [0.25, 0.3) is 10.2 Å². The van der Waals surface area contributed by atoms with Crippen molar-refractivity contribution in [3.63, 3.8) is 0 Å². The van der Waals surface area contributed by atoms with Crippen molar-refractivity contribution in [2.75, 3.05) is 40.0 Å². The number of aromatic nitrogens is 3. The third-order valence-electron chi connectivity index (χ3n) is 5.08. The maximum atomic E-state index is 12.9. The largest absolute Gasteiger partial charge is 0.383 e. The van der Waals surface area contributed by atoms with Crippen LogP contribution in [-0.2, 0) is 23.1 Å². The van der Waals surface area contributed by atoms with Gasteiger partial charge in [-0.25, -0.2) is 4.98 Å². The normalized spacial score (nSPS) is 17.7. The minimum absolute atomic E-state index is 0.104. The van der Waals surface area contributed by atoms with E-state index in [0.717, 1.165) is 34.6 Å². The smallest absolute Gasteiger partial charge is 0.261 e. The monoisotopic (exact) mass is 415 g/mol. The molecular weight excluding hydrogens is 390 g/mol. The van der Waals surface area contributed by atoms with Gasteiger partial charge < -0.3 is 14.8 Å². The van der Waals surface area contributed by atoms with Crippen molar-refractivity contribution in [3.8, 4) is 0 Å². The number of pyridine rings is 1. The van der Waals surface area contributed by atoms with Crippen molar-refractivity contribution in [2.45, 2.75) is 12.6 Å². The van der Waals surface area contributed by atoms with Crippen LogP contribution >= 0.6 is 11.3 Å². The van der Waals surface area contributed by atoms with Crippen molar-refractivity contribution in [1.82, 2.24) is 25.0 Å². The number of methoxy groups -OCH3 is 1. The number of morpholine rings is 1. The second-order valence-electron chi connectivity index (χ2n) is 6.99. The Hall–Kier alpha value is -2.33. The molecule has 0 spiro atoms. The number of ether oxygens (including phenoxy) is 2. The molecule has 1 saturated heterocycles. The Bertz CT molecular complexity index is 986. The molecule has 154 valence electrons. The van der Waals surface area contributed by atoms with Gasteiger partial charge in [-0.3, -0.25) is 14.4 Å². The first kappa shape index (κ1) is 20.0. The number of fused-ring (bicyclic) bond motifs is 1. The molecule has 8 nitrogen and oxygen atoms in total. The summed E-state index contributed by atoms with van der Waals surface area (Å²) in [5.74, 6) is -0.104. The molecule has 9 heteroatoms. The van der Waals surface area contributed by atoms with Crippen LogP contribution in [0.15, 0.2) is 30.6 Å². The zero-order chi connectivity index (χ0) is 20.2. The van der Waals surface area contributed by atoms with Crippen LogP contribution in [-0.4, -0.2) is 65.5 Å². The van der Waals surface area contributed by atoms with Crippen molar-refractivity contribution in [3.05, 3.63) is 46.7 Å². The van der Waals surface area contributed by atoms with E-state index in [2.05, 4.69) is 20.3 Å². The fourth-order valence-electron chi connectivity index (χ4n) is 3.59. The van der Waals surface area contributed by atoms with Crippen LogP contribution in [0, 0.1) is 0 Å². The lowest BCUT2D eigenvalue weighted by Gasteiger charge is -2.33. The molecule has 1 atom stereocenters. The zero-order valence-electron chi connectivity index (χ0n) is 16.6. The van der Waals surface area contributed by atoms with Crippen LogP contribution < -0.4 is 5.32 Å². The van der Waals surface area contributed by atoms with Gasteiger partial charge in [0.2, 0.25) is 0 Å². The van der Waals surface area contributed by atoms with Gasteiger partial charge in [0.05, 0.1) is 25.0 Å². The maximum Gasteiger partial charge on any atom is 0.261 e. The predicted molar refractivity (Wildman–Crippen MR) is 111 cm³/mol. The quantitative estimate of drug-likeness (QED) is 0.595. The number of amides is 1. The Morgan fingerprint density at radius 3 is 3.10 bits per heavy atom. The number of carbonyl (C=O) groups excluding carboxylic acids is 1.